The van der Waals surface area contributed by atoms with Gasteiger partial charge in [-0.25, -0.2) is 0 Å². The third kappa shape index (κ3) is 0.667. The molecule has 0 aromatic rings. The fourth-order valence-electron chi connectivity index (χ4n) is 0.783. The number of ether oxygens (including phenoxy) is 1. The molecule has 3 nitrogen and oxygen atoms in total. The van der Waals surface area contributed by atoms with Gasteiger partial charge in [-0.1, -0.05) is 6.92 Å². The Labute approximate surface area is 53.5 Å². The van der Waals surface area contributed by atoms with Gasteiger partial charge in [0, 0.05) is 0 Å². The number of hydrogen-bond donors (Lipinski definition) is 0. The monoisotopic (exact) mass is 122 g/mol. The summed E-state index contributed by atoms with van der Waals surface area (Å²) < 4.78 is 4.83. The van der Waals surface area contributed by atoms with Gasteiger partial charge in [-0.15, -0.1) is 0 Å². The van der Waals surface area contributed by atoms with Gasteiger partial charge in [0.25, 0.3) is 5.60 Å². The first kappa shape index (κ1) is 6.07. The summed E-state index contributed by atoms with van der Waals surface area (Å²) in [5.41, 5.74) is -1.09. The van der Waals surface area contributed by atoms with E-state index in [-0.39, 0.29) is 6.10 Å². The predicted octanol–water partition coefficient (Wildman–Crippen LogP) is 0.581. The van der Waals surface area contributed by atoms with Crippen molar-refractivity contribution in [3.05, 3.63) is 0 Å². The highest BCUT2D eigenvalue weighted by molar-refractivity contribution is 5.30. The summed E-state index contributed by atoms with van der Waals surface area (Å²) in [5.74, 6) is 0. The van der Waals surface area contributed by atoms with E-state index in [9.17, 15) is 0 Å². The summed E-state index contributed by atoms with van der Waals surface area (Å²) >= 11 is 0. The first-order chi connectivity index (χ1) is 4.29. The molecule has 0 radical (unpaired) electrons. The molecule has 0 aromatic carbocycles. The van der Waals surface area contributed by atoms with Crippen LogP contribution >= 0.6 is 0 Å². The number of epoxide rings is 1. The minimum absolute atomic E-state index is 0.146. The van der Waals surface area contributed by atoms with Gasteiger partial charge in [0.15, 0.2) is 0 Å². The normalized spacial score (nSPS) is 28.1. The summed E-state index contributed by atoms with van der Waals surface area (Å²) in [4.78, 5) is 0. The van der Waals surface area contributed by atoms with Gasteiger partial charge >= 0.3 is 0 Å². The second kappa shape index (κ2) is 1.72. The molecule has 1 rings (SSSR count). The van der Waals surface area contributed by atoms with Crippen molar-refractivity contribution in [2.45, 2.75) is 25.0 Å². The summed E-state index contributed by atoms with van der Waals surface area (Å²) in [7, 11) is 0. The third-order valence-electron chi connectivity index (χ3n) is 1.43. The Morgan fingerprint density at radius 2 is 2.11 bits per heavy atom. The zero-order chi connectivity index (χ0) is 6.91. The van der Waals surface area contributed by atoms with Crippen LogP contribution in [-0.2, 0) is 4.74 Å². The largest absolute Gasteiger partial charge is 0.337 e. The summed E-state index contributed by atoms with van der Waals surface area (Å²) in [6.07, 6.45) is 0.591. The van der Waals surface area contributed by atoms with E-state index in [1.807, 2.05) is 19.1 Å². The average Bonchev–Trinajstić information content (AvgIpc) is 2.63. The summed E-state index contributed by atoms with van der Waals surface area (Å²) in [6, 6.07) is 3.64. The second-order valence-corrected chi connectivity index (χ2v) is 1.97. The van der Waals surface area contributed by atoms with Crippen molar-refractivity contribution in [1.82, 2.24) is 0 Å². The molecule has 1 aliphatic heterocycles. The quantitative estimate of drug-likeness (QED) is 0.478. The maximum Gasteiger partial charge on any atom is 0.268 e. The van der Waals surface area contributed by atoms with Gasteiger partial charge in [0.1, 0.15) is 18.2 Å². The van der Waals surface area contributed by atoms with Crippen LogP contribution in [0.2, 0.25) is 0 Å². The topological polar surface area (TPSA) is 60.1 Å². The van der Waals surface area contributed by atoms with Crippen LogP contribution in [0.4, 0.5) is 0 Å². The van der Waals surface area contributed by atoms with Crippen LogP contribution in [0.25, 0.3) is 0 Å². The fraction of sp³-hybridized carbons (Fsp3) is 0.667. The van der Waals surface area contributed by atoms with Gasteiger partial charge < -0.3 is 4.74 Å². The molecule has 3 heteroatoms. The molecule has 1 atom stereocenters. The molecule has 1 fully saturated rings. The number of nitriles is 2. The van der Waals surface area contributed by atoms with E-state index < -0.39 is 5.60 Å². The zero-order valence-electron chi connectivity index (χ0n) is 5.09. The third-order valence-corrected chi connectivity index (χ3v) is 1.43. The SMILES string of the molecule is CCC1OC1(C#N)C#N. The van der Waals surface area contributed by atoms with Crippen LogP contribution in [0.1, 0.15) is 13.3 Å². The molecule has 0 saturated carbocycles. The van der Waals surface area contributed by atoms with Crippen molar-refractivity contribution in [2.75, 3.05) is 0 Å². The Hall–Kier alpha value is -1.06. The Bertz CT molecular complexity index is 184. The minimum atomic E-state index is -1.09. The van der Waals surface area contributed by atoms with Gasteiger partial charge in [0.2, 0.25) is 0 Å². The predicted molar refractivity (Wildman–Crippen MR) is 29.1 cm³/mol. The van der Waals surface area contributed by atoms with Crippen LogP contribution in [0, 0.1) is 22.7 Å². The Balaban J connectivity index is 2.64. The number of nitrogens with zero attached hydrogens (tertiary/aromatic N) is 2. The van der Waals surface area contributed by atoms with Crippen molar-refractivity contribution >= 4 is 0 Å². The van der Waals surface area contributed by atoms with Crippen molar-refractivity contribution < 1.29 is 4.74 Å². The molecule has 1 heterocycles. The zero-order valence-corrected chi connectivity index (χ0v) is 5.09. The molecular weight excluding hydrogens is 116 g/mol. The average molecular weight is 122 g/mol. The lowest BCUT2D eigenvalue weighted by atomic mass is 10.1. The number of hydrogen-bond acceptors (Lipinski definition) is 3. The fourth-order valence-corrected chi connectivity index (χ4v) is 0.783. The summed E-state index contributed by atoms with van der Waals surface area (Å²) in [5, 5.41) is 16.7. The molecule has 46 valence electrons. The lowest BCUT2D eigenvalue weighted by Gasteiger charge is -1.81. The number of rotatable bonds is 1. The Morgan fingerprint density at radius 1 is 1.56 bits per heavy atom. The van der Waals surface area contributed by atoms with E-state index in [0.29, 0.717) is 0 Å². The van der Waals surface area contributed by atoms with E-state index in [1.54, 1.807) is 0 Å². The smallest absolute Gasteiger partial charge is 0.268 e. The molecule has 1 saturated heterocycles. The van der Waals surface area contributed by atoms with Gasteiger partial charge in [0.05, 0.1) is 0 Å². The Morgan fingerprint density at radius 3 is 2.22 bits per heavy atom. The second-order valence-electron chi connectivity index (χ2n) is 1.97. The van der Waals surface area contributed by atoms with Gasteiger partial charge in [-0.05, 0) is 6.42 Å². The van der Waals surface area contributed by atoms with Crippen LogP contribution in [0.15, 0.2) is 0 Å². The lowest BCUT2D eigenvalue weighted by molar-refractivity contribution is 0.362. The molecule has 9 heavy (non-hydrogen) atoms. The molecule has 0 spiro atoms. The minimum Gasteiger partial charge on any atom is -0.337 e. The van der Waals surface area contributed by atoms with Crippen molar-refractivity contribution in [1.29, 1.82) is 10.5 Å². The van der Waals surface area contributed by atoms with E-state index in [2.05, 4.69) is 0 Å². The van der Waals surface area contributed by atoms with Crippen molar-refractivity contribution in [3.8, 4) is 12.1 Å². The van der Waals surface area contributed by atoms with E-state index in [4.69, 9.17) is 15.3 Å². The van der Waals surface area contributed by atoms with Crippen molar-refractivity contribution in [2.24, 2.45) is 0 Å². The molecule has 1 aliphatic rings. The van der Waals surface area contributed by atoms with Crippen LogP contribution in [-0.4, -0.2) is 11.7 Å². The highest BCUT2D eigenvalue weighted by Gasteiger charge is 2.57. The lowest BCUT2D eigenvalue weighted by Crippen LogP contribution is -2.07. The maximum absolute atomic E-state index is 8.36. The van der Waals surface area contributed by atoms with Gasteiger partial charge in [-0.3, -0.25) is 0 Å². The van der Waals surface area contributed by atoms with Crippen LogP contribution < -0.4 is 0 Å². The standard InChI is InChI=1S/C6H6N2O/c1-2-5-6(3-7,4-8)9-5/h5H,2H2,1H3. The molecule has 0 bridgehead atoms. The van der Waals surface area contributed by atoms with E-state index in [1.165, 1.54) is 0 Å². The Kier molecular flexibility index (Phi) is 1.16. The molecule has 0 aromatic heterocycles. The van der Waals surface area contributed by atoms with Crippen molar-refractivity contribution in [3.63, 3.8) is 0 Å². The van der Waals surface area contributed by atoms with Crippen LogP contribution in [0.5, 0.6) is 0 Å². The van der Waals surface area contributed by atoms with E-state index >= 15 is 0 Å². The molecule has 0 N–H and O–H groups in total. The molecule has 0 amide bonds. The van der Waals surface area contributed by atoms with Gasteiger partial charge in [-0.2, -0.15) is 10.5 Å². The molecule has 0 aliphatic carbocycles. The molecule has 1 unspecified atom stereocenters. The highest BCUT2D eigenvalue weighted by Crippen LogP contribution is 2.36. The first-order valence-corrected chi connectivity index (χ1v) is 2.79. The first-order valence-electron chi connectivity index (χ1n) is 2.79. The summed E-state index contributed by atoms with van der Waals surface area (Å²) in [6.45, 7) is 1.89. The highest BCUT2D eigenvalue weighted by atomic mass is 16.6. The molecular formula is C6H6N2O. The van der Waals surface area contributed by atoms with Crippen LogP contribution in [0.3, 0.4) is 0 Å². The van der Waals surface area contributed by atoms with E-state index in [0.717, 1.165) is 6.42 Å². The maximum atomic E-state index is 8.36.